The van der Waals surface area contributed by atoms with Crippen LogP contribution in [0.1, 0.15) is 16.7 Å². The molecule has 0 radical (unpaired) electrons. The molecule has 0 amide bonds. The van der Waals surface area contributed by atoms with Crippen LogP contribution in [0, 0.1) is 11.3 Å². The van der Waals surface area contributed by atoms with E-state index in [0.29, 0.717) is 17.1 Å². The van der Waals surface area contributed by atoms with Gasteiger partial charge < -0.3 is 14.6 Å². The fourth-order valence-corrected chi connectivity index (χ4v) is 2.02. The largest absolute Gasteiger partial charge is 0.496 e. The number of hydrogen-bond acceptors (Lipinski definition) is 4. The summed E-state index contributed by atoms with van der Waals surface area (Å²) in [6, 6.07) is 14.3. The molecule has 0 aliphatic carbocycles. The third kappa shape index (κ3) is 4.35. The summed E-state index contributed by atoms with van der Waals surface area (Å²) in [5.74, 6) is 0.108. The molecule has 2 aromatic rings. The summed E-state index contributed by atoms with van der Waals surface area (Å²) in [4.78, 5) is 10.6. The van der Waals surface area contributed by atoms with Gasteiger partial charge in [-0.2, -0.15) is 5.26 Å². The zero-order valence-corrected chi connectivity index (χ0v) is 12.5. The van der Waals surface area contributed by atoms with Crippen LogP contribution in [0.5, 0.6) is 11.5 Å². The molecule has 0 saturated carbocycles. The summed E-state index contributed by atoms with van der Waals surface area (Å²) in [5.41, 5.74) is 1.93. The highest BCUT2D eigenvalue weighted by molar-refractivity contribution is 5.85. The highest BCUT2D eigenvalue weighted by Crippen LogP contribution is 2.24. The van der Waals surface area contributed by atoms with Crippen molar-refractivity contribution >= 4 is 12.0 Å². The van der Waals surface area contributed by atoms with Gasteiger partial charge in [0.2, 0.25) is 0 Å². The Labute approximate surface area is 134 Å². The van der Waals surface area contributed by atoms with Crippen molar-refractivity contribution < 1.29 is 19.4 Å². The van der Waals surface area contributed by atoms with E-state index < -0.39 is 5.97 Å². The van der Waals surface area contributed by atoms with Crippen LogP contribution in [-0.2, 0) is 11.4 Å². The van der Waals surface area contributed by atoms with Crippen molar-refractivity contribution in [3.05, 3.63) is 65.2 Å². The molecule has 0 aromatic heterocycles. The molecule has 5 nitrogen and oxygen atoms in total. The van der Waals surface area contributed by atoms with E-state index >= 15 is 0 Å². The van der Waals surface area contributed by atoms with E-state index in [0.717, 1.165) is 17.2 Å². The van der Waals surface area contributed by atoms with Crippen LogP contribution < -0.4 is 9.47 Å². The Morgan fingerprint density at radius 3 is 2.74 bits per heavy atom. The molecule has 5 heteroatoms. The SMILES string of the molecule is COc1ccc(/C=C/C(=O)O)cc1COc1ccccc1C#N. The first-order valence-electron chi connectivity index (χ1n) is 6.84. The molecule has 0 aliphatic rings. The second kappa shape index (κ2) is 7.66. The van der Waals surface area contributed by atoms with Crippen LogP contribution in [-0.4, -0.2) is 18.2 Å². The maximum absolute atomic E-state index is 10.6. The number of carbonyl (C=O) groups is 1. The topological polar surface area (TPSA) is 79.6 Å². The minimum Gasteiger partial charge on any atom is -0.496 e. The number of carboxylic acids is 1. The van der Waals surface area contributed by atoms with E-state index in [9.17, 15) is 4.79 Å². The maximum Gasteiger partial charge on any atom is 0.328 e. The highest BCUT2D eigenvalue weighted by atomic mass is 16.5. The van der Waals surface area contributed by atoms with Crippen molar-refractivity contribution in [3.63, 3.8) is 0 Å². The van der Waals surface area contributed by atoms with Gasteiger partial charge in [-0.1, -0.05) is 18.2 Å². The molecular weight excluding hydrogens is 294 g/mol. The fraction of sp³-hybridized carbons (Fsp3) is 0.111. The number of rotatable bonds is 6. The Kier molecular flexibility index (Phi) is 5.37. The smallest absolute Gasteiger partial charge is 0.328 e. The lowest BCUT2D eigenvalue weighted by Crippen LogP contribution is -2.00. The Morgan fingerprint density at radius 1 is 1.26 bits per heavy atom. The molecule has 0 fully saturated rings. The molecule has 0 saturated heterocycles. The van der Waals surface area contributed by atoms with Gasteiger partial charge in [0.25, 0.3) is 0 Å². The van der Waals surface area contributed by atoms with Gasteiger partial charge in [0.15, 0.2) is 0 Å². The Morgan fingerprint density at radius 2 is 2.04 bits per heavy atom. The maximum atomic E-state index is 10.6. The lowest BCUT2D eigenvalue weighted by atomic mass is 10.1. The van der Waals surface area contributed by atoms with Crippen LogP contribution in [0.2, 0.25) is 0 Å². The van der Waals surface area contributed by atoms with Gasteiger partial charge in [0.1, 0.15) is 24.2 Å². The lowest BCUT2D eigenvalue weighted by Gasteiger charge is -2.12. The summed E-state index contributed by atoms with van der Waals surface area (Å²) in [5, 5.41) is 17.8. The highest BCUT2D eigenvalue weighted by Gasteiger charge is 2.07. The van der Waals surface area contributed by atoms with E-state index in [-0.39, 0.29) is 6.61 Å². The van der Waals surface area contributed by atoms with Gasteiger partial charge >= 0.3 is 5.97 Å². The van der Waals surface area contributed by atoms with E-state index in [1.807, 2.05) is 0 Å². The van der Waals surface area contributed by atoms with Gasteiger partial charge in [-0.3, -0.25) is 0 Å². The first kappa shape index (κ1) is 16.1. The molecule has 0 spiro atoms. The Balaban J connectivity index is 2.22. The third-order valence-electron chi connectivity index (χ3n) is 3.11. The fourth-order valence-electron chi connectivity index (χ4n) is 2.02. The molecule has 0 heterocycles. The monoisotopic (exact) mass is 309 g/mol. The molecule has 0 unspecified atom stereocenters. The minimum absolute atomic E-state index is 0.205. The molecule has 116 valence electrons. The zero-order chi connectivity index (χ0) is 16.7. The molecule has 2 aromatic carbocycles. The number of aliphatic carboxylic acids is 1. The van der Waals surface area contributed by atoms with Crippen molar-refractivity contribution in [2.45, 2.75) is 6.61 Å². The van der Waals surface area contributed by atoms with Gasteiger partial charge in [0, 0.05) is 11.6 Å². The van der Waals surface area contributed by atoms with Crippen LogP contribution in [0.25, 0.3) is 6.08 Å². The van der Waals surface area contributed by atoms with Gasteiger partial charge in [-0.25, -0.2) is 4.79 Å². The Hall–Kier alpha value is -3.26. The summed E-state index contributed by atoms with van der Waals surface area (Å²) >= 11 is 0. The number of benzene rings is 2. The summed E-state index contributed by atoms with van der Waals surface area (Å²) in [6.45, 7) is 0.205. The Bertz CT molecular complexity index is 775. The number of hydrogen-bond donors (Lipinski definition) is 1. The average molecular weight is 309 g/mol. The summed E-state index contributed by atoms with van der Waals surface area (Å²) in [6.07, 6.45) is 2.56. The molecular formula is C18H15NO4. The molecule has 0 aliphatic heterocycles. The zero-order valence-electron chi connectivity index (χ0n) is 12.5. The number of carboxylic acid groups (broad SMARTS) is 1. The van der Waals surface area contributed by atoms with E-state index in [4.69, 9.17) is 19.8 Å². The normalized spacial score (nSPS) is 10.3. The average Bonchev–Trinajstić information content (AvgIpc) is 2.58. The molecule has 2 rings (SSSR count). The van der Waals surface area contributed by atoms with Crippen molar-refractivity contribution in [2.75, 3.05) is 7.11 Å². The van der Waals surface area contributed by atoms with Crippen molar-refractivity contribution in [3.8, 4) is 17.6 Å². The van der Waals surface area contributed by atoms with Crippen LogP contribution >= 0.6 is 0 Å². The van der Waals surface area contributed by atoms with Crippen molar-refractivity contribution in [1.82, 2.24) is 0 Å². The van der Waals surface area contributed by atoms with E-state index in [1.165, 1.54) is 6.08 Å². The quantitative estimate of drug-likeness (QED) is 0.829. The first-order chi connectivity index (χ1) is 11.1. The van der Waals surface area contributed by atoms with E-state index in [1.54, 1.807) is 49.6 Å². The van der Waals surface area contributed by atoms with E-state index in [2.05, 4.69) is 6.07 Å². The predicted octanol–water partition coefficient (Wildman–Crippen LogP) is 3.24. The first-order valence-corrected chi connectivity index (χ1v) is 6.84. The standard InChI is InChI=1S/C18H15NO4/c1-22-16-8-6-13(7-9-18(20)21)10-15(16)12-23-17-5-3-2-4-14(17)11-19/h2-10H,12H2,1H3,(H,20,21)/b9-7+. The molecule has 1 N–H and O–H groups in total. The molecule has 0 atom stereocenters. The van der Waals surface area contributed by atoms with Gasteiger partial charge in [-0.05, 0) is 35.9 Å². The third-order valence-corrected chi connectivity index (χ3v) is 3.11. The second-order valence-electron chi connectivity index (χ2n) is 4.64. The van der Waals surface area contributed by atoms with Crippen molar-refractivity contribution in [1.29, 1.82) is 5.26 Å². The molecule has 23 heavy (non-hydrogen) atoms. The lowest BCUT2D eigenvalue weighted by molar-refractivity contribution is -0.131. The van der Waals surface area contributed by atoms with Crippen LogP contribution in [0.3, 0.4) is 0 Å². The number of nitriles is 1. The van der Waals surface area contributed by atoms with Gasteiger partial charge in [-0.15, -0.1) is 0 Å². The second-order valence-corrected chi connectivity index (χ2v) is 4.64. The van der Waals surface area contributed by atoms with Gasteiger partial charge in [0.05, 0.1) is 12.7 Å². The molecule has 0 bridgehead atoms. The number of methoxy groups -OCH3 is 1. The number of nitrogens with zero attached hydrogens (tertiary/aromatic N) is 1. The summed E-state index contributed by atoms with van der Waals surface area (Å²) < 4.78 is 11.0. The minimum atomic E-state index is -1.01. The van der Waals surface area contributed by atoms with Crippen molar-refractivity contribution in [2.24, 2.45) is 0 Å². The van der Waals surface area contributed by atoms with Crippen LogP contribution in [0.4, 0.5) is 0 Å². The summed E-state index contributed by atoms with van der Waals surface area (Å²) in [7, 11) is 1.55. The number of ether oxygens (including phenoxy) is 2. The predicted molar refractivity (Wildman–Crippen MR) is 85.2 cm³/mol. The number of para-hydroxylation sites is 1. The van der Waals surface area contributed by atoms with Crippen LogP contribution in [0.15, 0.2) is 48.5 Å².